The number of esters is 3. The summed E-state index contributed by atoms with van der Waals surface area (Å²) in [4.78, 5) is 38.0. The molecule has 0 aromatic rings. The van der Waals surface area contributed by atoms with Crippen LogP contribution in [0.1, 0.15) is 278 Å². The van der Waals surface area contributed by atoms with Crippen LogP contribution in [0.25, 0.3) is 0 Å². The second-order valence-corrected chi connectivity index (χ2v) is 18.1. The van der Waals surface area contributed by atoms with Gasteiger partial charge >= 0.3 is 17.9 Å². The third-order valence-electron chi connectivity index (χ3n) is 11.8. The van der Waals surface area contributed by atoms with E-state index in [0.29, 0.717) is 19.3 Å². The molecule has 0 aliphatic rings. The van der Waals surface area contributed by atoms with Gasteiger partial charge in [0.1, 0.15) is 13.2 Å². The minimum atomic E-state index is -0.794. The van der Waals surface area contributed by atoms with Crippen molar-refractivity contribution in [2.45, 2.75) is 284 Å². The van der Waals surface area contributed by atoms with Gasteiger partial charge in [-0.05, 0) is 77.0 Å². The molecule has 0 amide bonds. The number of carbonyl (C=O) groups is 3. The van der Waals surface area contributed by atoms with Gasteiger partial charge in [0.25, 0.3) is 0 Å². The number of hydrogen-bond donors (Lipinski definition) is 0. The smallest absolute Gasteiger partial charge is 0.306 e. The molecule has 0 spiro atoms. The third kappa shape index (κ3) is 50.2. The molecule has 0 aliphatic carbocycles. The molecule has 0 rings (SSSR count). The first-order valence-electron chi connectivity index (χ1n) is 27.1. The summed E-state index contributed by atoms with van der Waals surface area (Å²) in [7, 11) is 0. The number of hydrogen-bond acceptors (Lipinski definition) is 6. The maximum Gasteiger partial charge on any atom is 0.306 e. The lowest BCUT2D eigenvalue weighted by molar-refractivity contribution is -0.167. The molecule has 6 heteroatoms. The van der Waals surface area contributed by atoms with Crippen molar-refractivity contribution < 1.29 is 28.6 Å². The molecule has 0 heterocycles. The number of unbranched alkanes of at least 4 members (excludes halogenated alkanes) is 30. The van der Waals surface area contributed by atoms with Crippen molar-refractivity contribution >= 4 is 17.9 Å². The lowest BCUT2D eigenvalue weighted by atomic mass is 10.0. The van der Waals surface area contributed by atoms with E-state index in [1.54, 1.807) is 0 Å². The van der Waals surface area contributed by atoms with Crippen LogP contribution in [0, 0.1) is 0 Å². The van der Waals surface area contributed by atoms with Crippen LogP contribution < -0.4 is 0 Å². The Morgan fingerprint density at radius 1 is 0.317 bits per heavy atom. The van der Waals surface area contributed by atoms with Crippen molar-refractivity contribution in [1.29, 1.82) is 0 Å². The first-order chi connectivity index (χ1) is 31.0. The SMILES string of the molecule is CCCCCC/C=C\CCCCCCCC(=O)O[C@H](COC(=O)CCC/C=C\C/C=C\C/C=C\CCCCCCCC)COC(=O)CCCCCCCCCCCCCCCCC. The molecule has 0 saturated carbocycles. The summed E-state index contributed by atoms with van der Waals surface area (Å²) >= 11 is 0. The second kappa shape index (κ2) is 52.0. The fraction of sp³-hybridized carbons (Fsp3) is 0.807. The molecular weight excluding hydrogens is 781 g/mol. The first-order valence-corrected chi connectivity index (χ1v) is 27.1. The molecule has 366 valence electrons. The fourth-order valence-corrected chi connectivity index (χ4v) is 7.69. The highest BCUT2D eigenvalue weighted by Crippen LogP contribution is 2.15. The molecule has 0 saturated heterocycles. The van der Waals surface area contributed by atoms with Crippen LogP contribution in [0.3, 0.4) is 0 Å². The van der Waals surface area contributed by atoms with Gasteiger partial charge in [-0.25, -0.2) is 0 Å². The standard InChI is InChI=1S/C57H102O6/c1-4-7-10-13-16-19-22-25-27-28-30-33-35-38-41-44-47-50-56(59)62-53-54(63-57(60)51-48-45-42-39-36-31-24-21-18-15-12-9-6-3)52-61-55(58)49-46-43-40-37-34-32-29-26-23-20-17-14-11-8-5-2/h21,24-25,27,30,33,38,41,54H,4-20,22-23,26,28-29,31-32,34-37,39-40,42-53H2,1-3H3/b24-21-,27-25-,33-30-,41-38-/t54-/m0/s1. The van der Waals surface area contributed by atoms with Crippen molar-refractivity contribution in [2.75, 3.05) is 13.2 Å². The Morgan fingerprint density at radius 2 is 0.587 bits per heavy atom. The van der Waals surface area contributed by atoms with Crippen LogP contribution in [-0.2, 0) is 28.6 Å². The number of ether oxygens (including phenoxy) is 3. The maximum atomic E-state index is 12.8. The van der Waals surface area contributed by atoms with E-state index in [1.807, 2.05) is 0 Å². The van der Waals surface area contributed by atoms with E-state index in [-0.39, 0.29) is 37.5 Å². The van der Waals surface area contributed by atoms with E-state index in [0.717, 1.165) is 70.6 Å². The van der Waals surface area contributed by atoms with E-state index in [1.165, 1.54) is 161 Å². The topological polar surface area (TPSA) is 78.9 Å². The van der Waals surface area contributed by atoms with E-state index in [4.69, 9.17) is 14.2 Å². The minimum absolute atomic E-state index is 0.0894. The summed E-state index contributed by atoms with van der Waals surface area (Å²) in [5, 5.41) is 0. The van der Waals surface area contributed by atoms with Gasteiger partial charge in [0.05, 0.1) is 0 Å². The van der Waals surface area contributed by atoms with Crippen molar-refractivity contribution in [3.05, 3.63) is 48.6 Å². The second-order valence-electron chi connectivity index (χ2n) is 18.1. The Bertz CT molecular complexity index is 1110. The van der Waals surface area contributed by atoms with Gasteiger partial charge in [-0.1, -0.05) is 230 Å². The summed E-state index contributed by atoms with van der Waals surface area (Å²) in [5.41, 5.74) is 0. The molecule has 0 aromatic heterocycles. The van der Waals surface area contributed by atoms with Gasteiger partial charge in [0, 0.05) is 19.3 Å². The van der Waals surface area contributed by atoms with Gasteiger partial charge in [-0.2, -0.15) is 0 Å². The lowest BCUT2D eigenvalue weighted by Crippen LogP contribution is -2.30. The molecule has 0 aliphatic heterocycles. The van der Waals surface area contributed by atoms with E-state index < -0.39 is 6.10 Å². The molecule has 63 heavy (non-hydrogen) atoms. The van der Waals surface area contributed by atoms with Crippen LogP contribution in [0.2, 0.25) is 0 Å². The molecule has 0 radical (unpaired) electrons. The molecule has 1 atom stereocenters. The highest BCUT2D eigenvalue weighted by Gasteiger charge is 2.19. The summed E-state index contributed by atoms with van der Waals surface area (Å²) in [5.74, 6) is -0.943. The Hall–Kier alpha value is -2.63. The molecule has 0 fully saturated rings. The zero-order valence-corrected chi connectivity index (χ0v) is 41.8. The average molecular weight is 883 g/mol. The molecule has 0 N–H and O–H groups in total. The average Bonchev–Trinajstić information content (AvgIpc) is 3.28. The van der Waals surface area contributed by atoms with Crippen LogP contribution in [0.4, 0.5) is 0 Å². The maximum absolute atomic E-state index is 12.8. The molecule has 6 nitrogen and oxygen atoms in total. The fourth-order valence-electron chi connectivity index (χ4n) is 7.69. The predicted octanol–water partition coefficient (Wildman–Crippen LogP) is 17.9. The van der Waals surface area contributed by atoms with E-state index in [9.17, 15) is 14.4 Å². The number of carbonyl (C=O) groups excluding carboxylic acids is 3. The molecule has 0 aromatic carbocycles. The third-order valence-corrected chi connectivity index (χ3v) is 11.8. The monoisotopic (exact) mass is 883 g/mol. The number of rotatable bonds is 49. The highest BCUT2D eigenvalue weighted by atomic mass is 16.6. The van der Waals surface area contributed by atoms with Gasteiger partial charge in [0.15, 0.2) is 6.10 Å². The zero-order chi connectivity index (χ0) is 45.8. The van der Waals surface area contributed by atoms with Gasteiger partial charge < -0.3 is 14.2 Å². The van der Waals surface area contributed by atoms with Gasteiger partial charge in [-0.15, -0.1) is 0 Å². The first kappa shape index (κ1) is 60.4. The summed E-state index contributed by atoms with van der Waals surface area (Å²) < 4.78 is 16.8. The van der Waals surface area contributed by atoms with Crippen LogP contribution in [0.5, 0.6) is 0 Å². The van der Waals surface area contributed by atoms with Gasteiger partial charge in [0.2, 0.25) is 0 Å². The Kier molecular flexibility index (Phi) is 49.8. The van der Waals surface area contributed by atoms with E-state index in [2.05, 4.69) is 69.4 Å². The summed E-state index contributed by atoms with van der Waals surface area (Å²) in [6.45, 7) is 6.59. The van der Waals surface area contributed by atoms with Crippen LogP contribution in [-0.4, -0.2) is 37.2 Å². The minimum Gasteiger partial charge on any atom is -0.462 e. The highest BCUT2D eigenvalue weighted by molar-refractivity contribution is 5.71. The zero-order valence-electron chi connectivity index (χ0n) is 41.8. The summed E-state index contributed by atoms with van der Waals surface area (Å²) in [6, 6.07) is 0. The largest absolute Gasteiger partial charge is 0.462 e. The van der Waals surface area contributed by atoms with Crippen LogP contribution >= 0.6 is 0 Å². The quantitative estimate of drug-likeness (QED) is 0.0262. The normalized spacial score (nSPS) is 12.4. The molecule has 0 bridgehead atoms. The van der Waals surface area contributed by atoms with E-state index >= 15 is 0 Å². The Morgan fingerprint density at radius 3 is 0.984 bits per heavy atom. The lowest BCUT2D eigenvalue weighted by Gasteiger charge is -2.18. The van der Waals surface area contributed by atoms with Crippen molar-refractivity contribution in [3.8, 4) is 0 Å². The Balaban J connectivity index is 4.43. The predicted molar refractivity (Wildman–Crippen MR) is 270 cm³/mol. The van der Waals surface area contributed by atoms with Gasteiger partial charge in [-0.3, -0.25) is 14.4 Å². The van der Waals surface area contributed by atoms with Crippen molar-refractivity contribution in [3.63, 3.8) is 0 Å². The van der Waals surface area contributed by atoms with Crippen LogP contribution in [0.15, 0.2) is 48.6 Å². The molecule has 0 unspecified atom stereocenters. The Labute approximate surface area is 390 Å². The summed E-state index contributed by atoms with van der Waals surface area (Å²) in [6.07, 6.45) is 62.4. The van der Waals surface area contributed by atoms with Crippen molar-refractivity contribution in [1.82, 2.24) is 0 Å². The number of allylic oxidation sites excluding steroid dienone is 8. The van der Waals surface area contributed by atoms with Crippen molar-refractivity contribution in [2.24, 2.45) is 0 Å². The molecular formula is C57H102O6.